The van der Waals surface area contributed by atoms with Gasteiger partial charge in [-0.3, -0.25) is 9.48 Å². The van der Waals surface area contributed by atoms with Gasteiger partial charge in [-0.2, -0.15) is 5.10 Å². The summed E-state index contributed by atoms with van der Waals surface area (Å²) in [5.74, 6) is 1.39. The second-order valence-corrected chi connectivity index (χ2v) is 8.61. The van der Waals surface area contributed by atoms with Crippen LogP contribution in [0.25, 0.3) is 11.3 Å². The van der Waals surface area contributed by atoms with E-state index < -0.39 is 0 Å². The second kappa shape index (κ2) is 9.93. The first-order chi connectivity index (χ1) is 15.9. The quantitative estimate of drug-likeness (QED) is 0.509. The zero-order chi connectivity index (χ0) is 23.5. The van der Waals surface area contributed by atoms with Crippen molar-refractivity contribution in [1.82, 2.24) is 14.7 Å². The number of nitrogens with zero attached hydrogens (tertiary/aromatic N) is 4. The molecule has 4 rings (SSSR count). The maximum atomic E-state index is 13.0. The lowest BCUT2D eigenvalue weighted by Crippen LogP contribution is -2.49. The van der Waals surface area contributed by atoms with E-state index in [1.54, 1.807) is 18.9 Å². The molecule has 2 heterocycles. The van der Waals surface area contributed by atoms with E-state index in [1.165, 1.54) is 0 Å². The number of carbonyl (C=O) groups is 1. The molecule has 1 aliphatic heterocycles. The van der Waals surface area contributed by atoms with Crippen LogP contribution in [0.2, 0.25) is 10.0 Å². The summed E-state index contributed by atoms with van der Waals surface area (Å²) in [5, 5.41) is 5.74. The van der Waals surface area contributed by atoms with Gasteiger partial charge >= 0.3 is 0 Å². The number of hydrogen-bond donors (Lipinski definition) is 0. The Morgan fingerprint density at radius 2 is 1.79 bits per heavy atom. The van der Waals surface area contributed by atoms with Crippen LogP contribution in [0.5, 0.6) is 11.5 Å². The summed E-state index contributed by atoms with van der Waals surface area (Å²) in [5.41, 5.74) is 3.28. The Kier molecular flexibility index (Phi) is 7.00. The van der Waals surface area contributed by atoms with Crippen molar-refractivity contribution >= 4 is 34.8 Å². The largest absolute Gasteiger partial charge is 0.497 e. The molecule has 0 atom stereocenters. The molecule has 0 radical (unpaired) electrons. The van der Waals surface area contributed by atoms with E-state index in [2.05, 4.69) is 10.00 Å². The number of amides is 1. The van der Waals surface area contributed by atoms with Gasteiger partial charge in [0.1, 0.15) is 23.7 Å². The molecule has 0 bridgehead atoms. The SMILES string of the molecule is COc1cccc(-c2nn(CC(=O)N3CCN(c4ccc(Cl)c(OC)c4)CC3)c(C)c2Cl)c1. The van der Waals surface area contributed by atoms with E-state index in [-0.39, 0.29) is 12.5 Å². The summed E-state index contributed by atoms with van der Waals surface area (Å²) in [6.07, 6.45) is 0. The van der Waals surface area contributed by atoms with Crippen molar-refractivity contribution in [3.63, 3.8) is 0 Å². The molecular weight excluding hydrogens is 463 g/mol. The first kappa shape index (κ1) is 23.3. The normalized spacial score (nSPS) is 13.8. The van der Waals surface area contributed by atoms with E-state index in [0.29, 0.717) is 34.6 Å². The molecule has 9 heteroatoms. The number of ether oxygens (including phenoxy) is 2. The van der Waals surface area contributed by atoms with Gasteiger partial charge in [-0.25, -0.2) is 0 Å². The van der Waals surface area contributed by atoms with E-state index in [1.807, 2.05) is 54.3 Å². The Morgan fingerprint density at radius 1 is 1.03 bits per heavy atom. The molecule has 7 nitrogen and oxygen atoms in total. The minimum Gasteiger partial charge on any atom is -0.497 e. The van der Waals surface area contributed by atoms with Crippen LogP contribution in [0, 0.1) is 6.92 Å². The highest BCUT2D eigenvalue weighted by molar-refractivity contribution is 6.33. The number of halogens is 2. The topological polar surface area (TPSA) is 59.8 Å². The summed E-state index contributed by atoms with van der Waals surface area (Å²) in [6.45, 7) is 4.72. The van der Waals surface area contributed by atoms with Crippen molar-refractivity contribution in [2.24, 2.45) is 0 Å². The van der Waals surface area contributed by atoms with E-state index >= 15 is 0 Å². The van der Waals surface area contributed by atoms with Gasteiger partial charge in [0.25, 0.3) is 0 Å². The molecule has 33 heavy (non-hydrogen) atoms. The highest BCUT2D eigenvalue weighted by atomic mass is 35.5. The molecule has 1 fully saturated rings. The summed E-state index contributed by atoms with van der Waals surface area (Å²) >= 11 is 12.7. The first-order valence-electron chi connectivity index (χ1n) is 10.6. The number of aromatic nitrogens is 2. The smallest absolute Gasteiger partial charge is 0.244 e. The third kappa shape index (κ3) is 4.89. The monoisotopic (exact) mass is 488 g/mol. The third-order valence-electron chi connectivity index (χ3n) is 5.89. The Balaban J connectivity index is 1.42. The lowest BCUT2D eigenvalue weighted by Gasteiger charge is -2.36. The van der Waals surface area contributed by atoms with E-state index in [0.717, 1.165) is 35.8 Å². The minimum absolute atomic E-state index is 0.0165. The Hall–Kier alpha value is -2.90. The fourth-order valence-electron chi connectivity index (χ4n) is 3.92. The molecule has 0 spiro atoms. The maximum absolute atomic E-state index is 13.0. The Labute approximate surface area is 203 Å². The third-order valence-corrected chi connectivity index (χ3v) is 6.66. The van der Waals surface area contributed by atoms with Crippen LogP contribution >= 0.6 is 23.2 Å². The number of carbonyl (C=O) groups excluding carboxylic acids is 1. The molecular formula is C24H26Cl2N4O3. The van der Waals surface area contributed by atoms with Crippen molar-refractivity contribution in [3.8, 4) is 22.8 Å². The van der Waals surface area contributed by atoms with Crippen molar-refractivity contribution in [1.29, 1.82) is 0 Å². The number of methoxy groups -OCH3 is 2. The highest BCUT2D eigenvalue weighted by Crippen LogP contribution is 2.32. The van der Waals surface area contributed by atoms with Gasteiger partial charge in [-0.05, 0) is 31.2 Å². The molecule has 2 aromatic carbocycles. The van der Waals surface area contributed by atoms with E-state index in [4.69, 9.17) is 32.7 Å². The van der Waals surface area contributed by atoms with Crippen LogP contribution in [-0.4, -0.2) is 61.0 Å². The standard InChI is InChI=1S/C24H26Cl2N4O3/c1-16-23(26)24(17-5-4-6-19(13-17)32-2)27-30(16)15-22(31)29-11-9-28(10-12-29)18-7-8-20(25)21(14-18)33-3/h4-8,13-14H,9-12,15H2,1-3H3. The summed E-state index contributed by atoms with van der Waals surface area (Å²) in [6, 6.07) is 13.3. The van der Waals surface area contributed by atoms with Gasteiger partial charge in [-0.1, -0.05) is 35.3 Å². The molecule has 0 saturated carbocycles. The fourth-order valence-corrected chi connectivity index (χ4v) is 4.36. The van der Waals surface area contributed by atoms with E-state index in [9.17, 15) is 4.79 Å². The summed E-state index contributed by atoms with van der Waals surface area (Å²) in [4.78, 5) is 17.1. The van der Waals surface area contributed by atoms with Crippen molar-refractivity contribution in [2.45, 2.75) is 13.5 Å². The van der Waals surface area contributed by atoms with Gasteiger partial charge in [0.2, 0.25) is 5.91 Å². The number of benzene rings is 2. The van der Waals surface area contributed by atoms with Crippen LogP contribution in [0.1, 0.15) is 5.69 Å². The predicted molar refractivity (Wildman–Crippen MR) is 131 cm³/mol. The number of piperazine rings is 1. The molecule has 1 saturated heterocycles. The molecule has 1 aromatic heterocycles. The van der Waals surface area contributed by atoms with Gasteiger partial charge in [0.05, 0.1) is 30.0 Å². The second-order valence-electron chi connectivity index (χ2n) is 7.82. The zero-order valence-corrected chi connectivity index (χ0v) is 20.4. The molecule has 0 aliphatic carbocycles. The van der Waals surface area contributed by atoms with Crippen molar-refractivity contribution in [3.05, 3.63) is 58.2 Å². The fraction of sp³-hybridized carbons (Fsp3) is 0.333. The zero-order valence-electron chi connectivity index (χ0n) is 18.8. The molecule has 174 valence electrons. The first-order valence-corrected chi connectivity index (χ1v) is 11.4. The molecule has 1 aliphatic rings. The van der Waals surface area contributed by atoms with Crippen molar-refractivity contribution < 1.29 is 14.3 Å². The molecule has 0 unspecified atom stereocenters. The maximum Gasteiger partial charge on any atom is 0.244 e. The molecule has 1 amide bonds. The van der Waals surface area contributed by atoms with Gasteiger partial charge < -0.3 is 19.3 Å². The lowest BCUT2D eigenvalue weighted by molar-refractivity contribution is -0.132. The van der Waals surface area contributed by atoms with Crippen molar-refractivity contribution in [2.75, 3.05) is 45.3 Å². The Bertz CT molecular complexity index is 1160. The molecule has 3 aromatic rings. The highest BCUT2D eigenvalue weighted by Gasteiger charge is 2.24. The van der Waals surface area contributed by atoms with Gasteiger partial charge in [-0.15, -0.1) is 0 Å². The van der Waals surface area contributed by atoms with Crippen LogP contribution < -0.4 is 14.4 Å². The summed E-state index contributed by atoms with van der Waals surface area (Å²) < 4.78 is 12.3. The number of hydrogen-bond acceptors (Lipinski definition) is 5. The number of rotatable bonds is 6. The van der Waals surface area contributed by atoms with Gasteiger partial charge in [0.15, 0.2) is 0 Å². The van der Waals surface area contributed by atoms with Crippen LogP contribution in [0.15, 0.2) is 42.5 Å². The lowest BCUT2D eigenvalue weighted by atomic mass is 10.1. The minimum atomic E-state index is 0.0165. The summed E-state index contributed by atoms with van der Waals surface area (Å²) in [7, 11) is 3.22. The van der Waals surface area contributed by atoms with Crippen LogP contribution in [0.3, 0.4) is 0 Å². The van der Waals surface area contributed by atoms with Crippen LogP contribution in [-0.2, 0) is 11.3 Å². The Morgan fingerprint density at radius 3 is 2.48 bits per heavy atom. The predicted octanol–water partition coefficient (Wildman–Crippen LogP) is 4.53. The number of anilines is 1. The van der Waals surface area contributed by atoms with Crippen LogP contribution in [0.4, 0.5) is 5.69 Å². The van der Waals surface area contributed by atoms with Gasteiger partial charge in [0, 0.05) is 43.5 Å². The average Bonchev–Trinajstić information content (AvgIpc) is 3.13. The molecule has 0 N–H and O–H groups in total. The average molecular weight is 489 g/mol.